The van der Waals surface area contributed by atoms with Crippen LogP contribution in [0.15, 0.2) is 12.4 Å². The molecule has 1 atom stereocenters. The third-order valence-electron chi connectivity index (χ3n) is 2.24. The number of rotatable bonds is 7. The zero-order chi connectivity index (χ0) is 13.4. The van der Waals surface area contributed by atoms with Gasteiger partial charge in [-0.1, -0.05) is 6.92 Å². The van der Waals surface area contributed by atoms with Crippen LogP contribution in [0, 0.1) is 0 Å². The molecule has 0 aliphatic heterocycles. The Hall–Kier alpha value is -1.85. The maximum absolute atomic E-state index is 11.7. The molecule has 6 heteroatoms. The molecule has 0 aliphatic carbocycles. The molecule has 1 rings (SSSR count). The predicted octanol–water partition coefficient (Wildman–Crippen LogP) is 1.20. The molecule has 0 aromatic carbocycles. The Kier molecular flexibility index (Phi) is 5.90. The average Bonchev–Trinajstić information content (AvgIpc) is 2.36. The SMILES string of the molecule is CCCNC(=O)C(C)Nc1cc(OCC)ncn1. The number of amides is 1. The van der Waals surface area contributed by atoms with Gasteiger partial charge in [-0.05, 0) is 20.3 Å². The summed E-state index contributed by atoms with van der Waals surface area (Å²) < 4.78 is 5.26. The van der Waals surface area contributed by atoms with Crippen LogP contribution < -0.4 is 15.4 Å². The molecule has 1 aromatic rings. The molecule has 0 bridgehead atoms. The summed E-state index contributed by atoms with van der Waals surface area (Å²) in [6.07, 6.45) is 2.32. The Bertz CT molecular complexity index is 384. The fourth-order valence-corrected chi connectivity index (χ4v) is 1.33. The summed E-state index contributed by atoms with van der Waals surface area (Å²) in [6.45, 7) is 6.91. The zero-order valence-electron chi connectivity index (χ0n) is 11.1. The smallest absolute Gasteiger partial charge is 0.242 e. The number of carbonyl (C=O) groups is 1. The van der Waals surface area contributed by atoms with Crippen molar-refractivity contribution in [1.82, 2.24) is 15.3 Å². The monoisotopic (exact) mass is 252 g/mol. The van der Waals surface area contributed by atoms with E-state index in [0.717, 1.165) is 6.42 Å². The number of hydrogen-bond donors (Lipinski definition) is 2. The first kappa shape index (κ1) is 14.2. The largest absolute Gasteiger partial charge is 0.478 e. The van der Waals surface area contributed by atoms with Crippen LogP contribution in [0.25, 0.3) is 0 Å². The van der Waals surface area contributed by atoms with Crippen LogP contribution in [-0.2, 0) is 4.79 Å². The van der Waals surface area contributed by atoms with Crippen molar-refractivity contribution < 1.29 is 9.53 Å². The second-order valence-corrected chi connectivity index (χ2v) is 3.83. The number of nitrogens with zero attached hydrogens (tertiary/aromatic N) is 2. The lowest BCUT2D eigenvalue weighted by molar-refractivity contribution is -0.121. The van der Waals surface area contributed by atoms with Gasteiger partial charge in [0, 0.05) is 12.6 Å². The van der Waals surface area contributed by atoms with E-state index in [1.54, 1.807) is 13.0 Å². The van der Waals surface area contributed by atoms with E-state index in [1.807, 2.05) is 13.8 Å². The Balaban J connectivity index is 2.55. The molecule has 2 N–H and O–H groups in total. The van der Waals surface area contributed by atoms with E-state index in [0.29, 0.717) is 24.8 Å². The molecule has 1 aromatic heterocycles. The highest BCUT2D eigenvalue weighted by Gasteiger charge is 2.12. The van der Waals surface area contributed by atoms with Gasteiger partial charge < -0.3 is 15.4 Å². The summed E-state index contributed by atoms with van der Waals surface area (Å²) in [7, 11) is 0. The lowest BCUT2D eigenvalue weighted by atomic mass is 10.3. The topological polar surface area (TPSA) is 76.1 Å². The highest BCUT2D eigenvalue weighted by atomic mass is 16.5. The van der Waals surface area contributed by atoms with Gasteiger partial charge in [0.2, 0.25) is 11.8 Å². The molecule has 6 nitrogen and oxygen atoms in total. The van der Waals surface area contributed by atoms with E-state index in [2.05, 4.69) is 20.6 Å². The zero-order valence-corrected chi connectivity index (χ0v) is 11.1. The number of ether oxygens (including phenoxy) is 1. The molecule has 0 saturated carbocycles. The Labute approximate surface area is 107 Å². The molecule has 1 amide bonds. The summed E-state index contributed by atoms with van der Waals surface area (Å²) in [6, 6.07) is 1.33. The van der Waals surface area contributed by atoms with Crippen LogP contribution in [-0.4, -0.2) is 35.1 Å². The van der Waals surface area contributed by atoms with Gasteiger partial charge >= 0.3 is 0 Å². The van der Waals surface area contributed by atoms with Crippen LogP contribution in [0.2, 0.25) is 0 Å². The maximum Gasteiger partial charge on any atom is 0.242 e. The maximum atomic E-state index is 11.7. The minimum Gasteiger partial charge on any atom is -0.478 e. The van der Waals surface area contributed by atoms with Gasteiger partial charge in [-0.3, -0.25) is 4.79 Å². The third-order valence-corrected chi connectivity index (χ3v) is 2.24. The molecule has 0 fully saturated rings. The molecule has 100 valence electrons. The van der Waals surface area contributed by atoms with Crippen LogP contribution in [0.3, 0.4) is 0 Å². The number of anilines is 1. The van der Waals surface area contributed by atoms with Crippen LogP contribution in [0.1, 0.15) is 27.2 Å². The lowest BCUT2D eigenvalue weighted by Crippen LogP contribution is -2.38. The number of carbonyl (C=O) groups excluding carboxylic acids is 1. The Morgan fingerprint density at radius 1 is 1.44 bits per heavy atom. The molecule has 1 heterocycles. The van der Waals surface area contributed by atoms with Gasteiger partial charge in [0.25, 0.3) is 0 Å². The van der Waals surface area contributed by atoms with Gasteiger partial charge in [0.1, 0.15) is 18.2 Å². The first-order valence-electron chi connectivity index (χ1n) is 6.16. The van der Waals surface area contributed by atoms with Crippen molar-refractivity contribution in [1.29, 1.82) is 0 Å². The average molecular weight is 252 g/mol. The molecular formula is C12H20N4O2. The van der Waals surface area contributed by atoms with Crippen LogP contribution in [0.4, 0.5) is 5.82 Å². The summed E-state index contributed by atoms with van der Waals surface area (Å²) in [4.78, 5) is 19.7. The second kappa shape index (κ2) is 7.47. The third kappa shape index (κ3) is 4.57. The van der Waals surface area contributed by atoms with E-state index in [9.17, 15) is 4.79 Å². The van der Waals surface area contributed by atoms with E-state index >= 15 is 0 Å². The minimum absolute atomic E-state index is 0.0478. The van der Waals surface area contributed by atoms with E-state index < -0.39 is 0 Å². The van der Waals surface area contributed by atoms with Crippen LogP contribution in [0.5, 0.6) is 5.88 Å². The Morgan fingerprint density at radius 3 is 2.89 bits per heavy atom. The van der Waals surface area contributed by atoms with Crippen molar-refractivity contribution in [3.05, 3.63) is 12.4 Å². The van der Waals surface area contributed by atoms with E-state index in [1.165, 1.54) is 6.33 Å². The first-order valence-corrected chi connectivity index (χ1v) is 6.16. The van der Waals surface area contributed by atoms with Crippen molar-refractivity contribution in [3.8, 4) is 5.88 Å². The van der Waals surface area contributed by atoms with Crippen molar-refractivity contribution in [3.63, 3.8) is 0 Å². The van der Waals surface area contributed by atoms with Gasteiger partial charge in [0.15, 0.2) is 0 Å². The number of nitrogens with one attached hydrogen (secondary N) is 2. The summed E-state index contributed by atoms with van der Waals surface area (Å²) in [5.74, 6) is 1.03. The molecule has 0 spiro atoms. The van der Waals surface area contributed by atoms with Crippen molar-refractivity contribution in [2.75, 3.05) is 18.5 Å². The highest BCUT2D eigenvalue weighted by molar-refractivity contribution is 5.83. The number of aromatic nitrogens is 2. The van der Waals surface area contributed by atoms with E-state index in [4.69, 9.17) is 4.74 Å². The summed E-state index contributed by atoms with van der Waals surface area (Å²) >= 11 is 0. The van der Waals surface area contributed by atoms with Crippen LogP contribution >= 0.6 is 0 Å². The number of hydrogen-bond acceptors (Lipinski definition) is 5. The normalized spacial score (nSPS) is 11.7. The molecule has 0 radical (unpaired) electrons. The molecule has 0 saturated heterocycles. The standard InChI is InChI=1S/C12H20N4O2/c1-4-6-13-12(17)9(3)16-10-7-11(18-5-2)15-8-14-10/h7-9H,4-6H2,1-3H3,(H,13,17)(H,14,15,16). The van der Waals surface area contributed by atoms with Crippen molar-refractivity contribution in [2.24, 2.45) is 0 Å². The first-order chi connectivity index (χ1) is 8.67. The molecule has 18 heavy (non-hydrogen) atoms. The van der Waals surface area contributed by atoms with Crippen molar-refractivity contribution >= 4 is 11.7 Å². The van der Waals surface area contributed by atoms with Crippen molar-refractivity contribution in [2.45, 2.75) is 33.2 Å². The minimum atomic E-state index is -0.346. The quantitative estimate of drug-likeness (QED) is 0.762. The molecular weight excluding hydrogens is 232 g/mol. The predicted molar refractivity (Wildman–Crippen MR) is 69.6 cm³/mol. The molecule has 1 unspecified atom stereocenters. The van der Waals surface area contributed by atoms with Gasteiger partial charge in [-0.25, -0.2) is 9.97 Å². The fraction of sp³-hybridized carbons (Fsp3) is 0.583. The van der Waals surface area contributed by atoms with Gasteiger partial charge in [-0.2, -0.15) is 0 Å². The highest BCUT2D eigenvalue weighted by Crippen LogP contribution is 2.11. The van der Waals surface area contributed by atoms with Gasteiger partial charge in [-0.15, -0.1) is 0 Å². The summed E-state index contributed by atoms with van der Waals surface area (Å²) in [5, 5.41) is 5.82. The fourth-order valence-electron chi connectivity index (χ4n) is 1.33. The summed E-state index contributed by atoms with van der Waals surface area (Å²) in [5.41, 5.74) is 0. The second-order valence-electron chi connectivity index (χ2n) is 3.83. The van der Waals surface area contributed by atoms with E-state index in [-0.39, 0.29) is 11.9 Å². The molecule has 0 aliphatic rings. The van der Waals surface area contributed by atoms with Gasteiger partial charge in [0.05, 0.1) is 6.61 Å². The Morgan fingerprint density at radius 2 is 2.22 bits per heavy atom. The lowest BCUT2D eigenvalue weighted by Gasteiger charge is -2.14.